The average molecular weight is 336 g/mol. The van der Waals surface area contributed by atoms with E-state index >= 15 is 0 Å². The number of carboxylic acid groups (broad SMARTS) is 1. The number of hydrogen-bond donors (Lipinski definition) is 1. The highest BCUT2D eigenvalue weighted by molar-refractivity contribution is 5.69. The Morgan fingerprint density at radius 3 is 2.12 bits per heavy atom. The highest BCUT2D eigenvalue weighted by Crippen LogP contribution is 2.33. The first-order valence-electron chi connectivity index (χ1n) is 8.36. The summed E-state index contributed by atoms with van der Waals surface area (Å²) in [6.07, 6.45) is -0.0434. The summed E-state index contributed by atoms with van der Waals surface area (Å²) in [7, 11) is 0. The Balaban J connectivity index is 3.25. The molecule has 0 spiro atoms. The largest absolute Gasteiger partial charge is 0.481 e. The Hall–Kier alpha value is -2.11. The van der Waals surface area contributed by atoms with E-state index in [1.165, 1.54) is 6.07 Å². The molecule has 0 unspecified atom stereocenters. The van der Waals surface area contributed by atoms with E-state index in [1.807, 2.05) is 6.07 Å². The van der Waals surface area contributed by atoms with Gasteiger partial charge >= 0.3 is 5.97 Å². The van der Waals surface area contributed by atoms with Crippen LogP contribution in [0.2, 0.25) is 0 Å². The van der Waals surface area contributed by atoms with Crippen LogP contribution >= 0.6 is 0 Å². The zero-order valence-corrected chi connectivity index (χ0v) is 15.2. The molecule has 0 saturated heterocycles. The van der Waals surface area contributed by atoms with E-state index in [0.717, 1.165) is 13.1 Å². The standard InChI is InChI=1S/C18H28N2O4/c1-12(2)10-19(11-13(3)4)16-7-6-15(9-17(16)20(23)24)14(5)8-18(21)22/h6-7,9,12-14H,8,10-11H2,1-5H3,(H,21,22)/t14-/m1/s1. The van der Waals surface area contributed by atoms with Gasteiger partial charge in [0.25, 0.3) is 5.69 Å². The summed E-state index contributed by atoms with van der Waals surface area (Å²) in [6.45, 7) is 11.6. The molecule has 0 aliphatic carbocycles. The van der Waals surface area contributed by atoms with Gasteiger partial charge in [-0.15, -0.1) is 0 Å². The molecule has 0 heterocycles. The van der Waals surface area contributed by atoms with Crippen molar-refractivity contribution in [2.24, 2.45) is 11.8 Å². The molecule has 134 valence electrons. The van der Waals surface area contributed by atoms with Crippen LogP contribution in [0.25, 0.3) is 0 Å². The van der Waals surface area contributed by atoms with Crippen LogP contribution in [0, 0.1) is 22.0 Å². The molecule has 1 atom stereocenters. The second-order valence-corrected chi connectivity index (χ2v) is 7.20. The number of nitro benzene ring substituents is 1. The van der Waals surface area contributed by atoms with Crippen LogP contribution < -0.4 is 4.90 Å². The number of hydrogen-bond acceptors (Lipinski definition) is 4. The molecular formula is C18H28N2O4. The predicted octanol–water partition coefficient (Wildman–Crippen LogP) is 4.29. The Kier molecular flexibility index (Phi) is 7.19. The quantitative estimate of drug-likeness (QED) is 0.537. The van der Waals surface area contributed by atoms with Gasteiger partial charge in [0.2, 0.25) is 0 Å². The van der Waals surface area contributed by atoms with Crippen molar-refractivity contribution in [3.63, 3.8) is 0 Å². The lowest BCUT2D eigenvalue weighted by Gasteiger charge is -2.28. The number of aliphatic carboxylic acids is 1. The fourth-order valence-corrected chi connectivity index (χ4v) is 2.79. The zero-order chi connectivity index (χ0) is 18.4. The Bertz CT molecular complexity index is 574. The van der Waals surface area contributed by atoms with E-state index in [1.54, 1.807) is 13.0 Å². The molecule has 0 aliphatic heterocycles. The van der Waals surface area contributed by atoms with E-state index in [4.69, 9.17) is 5.11 Å². The van der Waals surface area contributed by atoms with Crippen LogP contribution in [0.4, 0.5) is 11.4 Å². The normalized spacial score (nSPS) is 12.5. The van der Waals surface area contributed by atoms with Gasteiger partial charge in [-0.2, -0.15) is 0 Å². The summed E-state index contributed by atoms with van der Waals surface area (Å²) in [4.78, 5) is 24.1. The number of nitro groups is 1. The highest BCUT2D eigenvalue weighted by Gasteiger charge is 2.23. The first kappa shape index (κ1) is 19.9. The molecule has 1 aromatic carbocycles. The molecule has 0 aliphatic rings. The molecular weight excluding hydrogens is 308 g/mol. The highest BCUT2D eigenvalue weighted by atomic mass is 16.6. The third kappa shape index (κ3) is 5.83. The maximum Gasteiger partial charge on any atom is 0.303 e. The fraction of sp³-hybridized carbons (Fsp3) is 0.611. The van der Waals surface area contributed by atoms with Crippen molar-refractivity contribution in [2.75, 3.05) is 18.0 Å². The lowest BCUT2D eigenvalue weighted by molar-refractivity contribution is -0.384. The molecule has 1 rings (SSSR count). The molecule has 1 N–H and O–H groups in total. The zero-order valence-electron chi connectivity index (χ0n) is 15.2. The summed E-state index contributed by atoms with van der Waals surface area (Å²) >= 11 is 0. The van der Waals surface area contributed by atoms with Crippen LogP contribution in [-0.4, -0.2) is 29.1 Å². The van der Waals surface area contributed by atoms with Gasteiger partial charge in [0.15, 0.2) is 0 Å². The number of rotatable bonds is 9. The summed E-state index contributed by atoms with van der Waals surface area (Å²) in [5.41, 5.74) is 1.33. The number of carboxylic acids is 1. The summed E-state index contributed by atoms with van der Waals surface area (Å²) < 4.78 is 0. The van der Waals surface area contributed by atoms with Crippen molar-refractivity contribution in [3.05, 3.63) is 33.9 Å². The van der Waals surface area contributed by atoms with Gasteiger partial charge in [0, 0.05) is 19.2 Å². The van der Waals surface area contributed by atoms with Crippen molar-refractivity contribution >= 4 is 17.3 Å². The van der Waals surface area contributed by atoms with Crippen molar-refractivity contribution in [3.8, 4) is 0 Å². The van der Waals surface area contributed by atoms with Crippen LogP contribution in [0.5, 0.6) is 0 Å². The van der Waals surface area contributed by atoms with Crippen LogP contribution in [0.15, 0.2) is 18.2 Å². The molecule has 0 aromatic heterocycles. The topological polar surface area (TPSA) is 83.7 Å². The molecule has 6 heteroatoms. The van der Waals surface area contributed by atoms with Gasteiger partial charge in [0.05, 0.1) is 11.3 Å². The summed E-state index contributed by atoms with van der Waals surface area (Å²) in [5.74, 6) is -0.405. The smallest absolute Gasteiger partial charge is 0.303 e. The monoisotopic (exact) mass is 336 g/mol. The SMILES string of the molecule is CC(C)CN(CC(C)C)c1ccc([C@H](C)CC(=O)O)cc1[N+](=O)[O-]. The van der Waals surface area contributed by atoms with Crippen LogP contribution in [0.3, 0.4) is 0 Å². The molecule has 24 heavy (non-hydrogen) atoms. The fourth-order valence-electron chi connectivity index (χ4n) is 2.79. The minimum absolute atomic E-state index is 0.0434. The molecule has 0 fully saturated rings. The lowest BCUT2D eigenvalue weighted by Crippen LogP contribution is -2.31. The number of carbonyl (C=O) groups is 1. The molecule has 0 bridgehead atoms. The summed E-state index contributed by atoms with van der Waals surface area (Å²) in [6, 6.07) is 5.09. The molecule has 0 amide bonds. The Morgan fingerprint density at radius 1 is 1.17 bits per heavy atom. The summed E-state index contributed by atoms with van der Waals surface area (Å²) in [5, 5.41) is 20.5. The van der Waals surface area contributed by atoms with Gasteiger partial charge in [-0.3, -0.25) is 14.9 Å². The molecule has 1 aromatic rings. The average Bonchev–Trinajstić information content (AvgIpc) is 2.44. The van der Waals surface area contributed by atoms with Crippen molar-refractivity contribution in [1.29, 1.82) is 0 Å². The van der Waals surface area contributed by atoms with Gasteiger partial charge in [-0.05, 0) is 29.4 Å². The number of nitrogens with zero attached hydrogens (tertiary/aromatic N) is 2. The second-order valence-electron chi connectivity index (χ2n) is 7.20. The van der Waals surface area contributed by atoms with Crippen LogP contribution in [0.1, 0.15) is 52.5 Å². The first-order chi connectivity index (χ1) is 11.1. The van der Waals surface area contributed by atoms with Gasteiger partial charge in [0.1, 0.15) is 5.69 Å². The van der Waals surface area contributed by atoms with Crippen molar-refractivity contribution in [2.45, 2.75) is 47.0 Å². The van der Waals surface area contributed by atoms with Gasteiger partial charge in [-0.25, -0.2) is 0 Å². The maximum absolute atomic E-state index is 11.6. The Labute approximate surface area is 143 Å². The predicted molar refractivity (Wildman–Crippen MR) is 95.7 cm³/mol. The molecule has 6 nitrogen and oxygen atoms in total. The second kappa shape index (κ2) is 8.66. The third-order valence-electron chi connectivity index (χ3n) is 3.76. The first-order valence-corrected chi connectivity index (χ1v) is 8.36. The molecule has 0 radical (unpaired) electrons. The number of anilines is 1. The van der Waals surface area contributed by atoms with E-state index in [-0.39, 0.29) is 22.9 Å². The lowest BCUT2D eigenvalue weighted by atomic mass is 9.96. The van der Waals surface area contributed by atoms with E-state index < -0.39 is 5.97 Å². The minimum atomic E-state index is -0.907. The minimum Gasteiger partial charge on any atom is -0.481 e. The van der Waals surface area contributed by atoms with Crippen molar-refractivity contribution in [1.82, 2.24) is 0 Å². The van der Waals surface area contributed by atoms with E-state index in [2.05, 4.69) is 32.6 Å². The Morgan fingerprint density at radius 2 is 1.71 bits per heavy atom. The van der Waals surface area contributed by atoms with Gasteiger partial charge < -0.3 is 10.0 Å². The van der Waals surface area contributed by atoms with E-state index in [9.17, 15) is 14.9 Å². The molecule has 0 saturated carbocycles. The van der Waals surface area contributed by atoms with Crippen LogP contribution in [-0.2, 0) is 4.79 Å². The van der Waals surface area contributed by atoms with Crippen molar-refractivity contribution < 1.29 is 14.8 Å². The van der Waals surface area contributed by atoms with E-state index in [0.29, 0.717) is 23.1 Å². The third-order valence-corrected chi connectivity index (χ3v) is 3.76. The maximum atomic E-state index is 11.6. The number of benzene rings is 1. The van der Waals surface area contributed by atoms with Gasteiger partial charge in [-0.1, -0.05) is 40.7 Å².